The largest absolute Gasteiger partial charge is 0.317 e. The van der Waals surface area contributed by atoms with E-state index in [-0.39, 0.29) is 5.82 Å². The number of hydrogen-bond acceptors (Lipinski definition) is 5. The third-order valence-corrected chi connectivity index (χ3v) is 6.45. The summed E-state index contributed by atoms with van der Waals surface area (Å²) in [4.78, 5) is 5.09. The van der Waals surface area contributed by atoms with Gasteiger partial charge >= 0.3 is 0 Å². The normalized spacial score (nSPS) is 15.2. The van der Waals surface area contributed by atoms with E-state index in [9.17, 15) is 4.39 Å². The average molecular weight is 409 g/mol. The lowest BCUT2D eigenvalue weighted by atomic mass is 10.1. The van der Waals surface area contributed by atoms with Crippen molar-refractivity contribution in [2.24, 2.45) is 0 Å². The average Bonchev–Trinajstić information content (AvgIpc) is 3.37. The first-order valence-electron chi connectivity index (χ1n) is 9.71. The van der Waals surface area contributed by atoms with Crippen LogP contribution in [0, 0.1) is 12.7 Å². The standard InChI is InChI=1S/C21H21FN6S/c1-14-17(12-26-28(14)16-4-8-23-9-5-16)15-11-20(19-6-10-25-27(19)13-15)29-21-18(22)3-2-7-24-21/h2-3,6-7,10-13,16,23H,4-5,8-9H2,1H3. The van der Waals surface area contributed by atoms with Gasteiger partial charge in [0.2, 0.25) is 0 Å². The van der Waals surface area contributed by atoms with Gasteiger partial charge in [-0.2, -0.15) is 10.2 Å². The van der Waals surface area contributed by atoms with Crippen LogP contribution < -0.4 is 5.32 Å². The van der Waals surface area contributed by atoms with Gasteiger partial charge in [-0.25, -0.2) is 13.9 Å². The lowest BCUT2D eigenvalue weighted by molar-refractivity contribution is 0.338. The predicted octanol–water partition coefficient (Wildman–Crippen LogP) is 4.12. The summed E-state index contributed by atoms with van der Waals surface area (Å²) < 4.78 is 18.2. The highest BCUT2D eigenvalue weighted by atomic mass is 32.2. The number of piperidine rings is 1. The molecule has 0 saturated carbocycles. The van der Waals surface area contributed by atoms with Crippen LogP contribution in [0.15, 0.2) is 59.0 Å². The maximum absolute atomic E-state index is 14.2. The van der Waals surface area contributed by atoms with Gasteiger partial charge in [0.25, 0.3) is 0 Å². The number of fused-ring (bicyclic) bond motifs is 1. The zero-order valence-electron chi connectivity index (χ0n) is 16.0. The predicted molar refractivity (Wildman–Crippen MR) is 111 cm³/mol. The highest BCUT2D eigenvalue weighted by molar-refractivity contribution is 7.99. The monoisotopic (exact) mass is 408 g/mol. The molecule has 0 atom stereocenters. The molecule has 1 fully saturated rings. The zero-order chi connectivity index (χ0) is 19.8. The smallest absolute Gasteiger partial charge is 0.155 e. The molecule has 5 heterocycles. The first-order valence-corrected chi connectivity index (χ1v) is 10.5. The van der Waals surface area contributed by atoms with Gasteiger partial charge in [0.05, 0.1) is 24.0 Å². The Hall–Kier alpha value is -2.71. The minimum atomic E-state index is -0.324. The number of nitrogens with zero attached hydrogens (tertiary/aromatic N) is 5. The molecule has 0 radical (unpaired) electrons. The first-order chi connectivity index (χ1) is 14.2. The summed E-state index contributed by atoms with van der Waals surface area (Å²) in [7, 11) is 0. The van der Waals surface area contributed by atoms with E-state index in [0.717, 1.165) is 53.2 Å². The first kappa shape index (κ1) is 18.3. The van der Waals surface area contributed by atoms with Gasteiger partial charge in [-0.05, 0) is 57.1 Å². The molecule has 5 rings (SSSR count). The van der Waals surface area contributed by atoms with Crippen molar-refractivity contribution in [3.8, 4) is 11.1 Å². The summed E-state index contributed by atoms with van der Waals surface area (Å²) in [5.74, 6) is -0.324. The fourth-order valence-corrected chi connectivity index (χ4v) is 4.84. The molecule has 29 heavy (non-hydrogen) atoms. The van der Waals surface area contributed by atoms with Gasteiger partial charge in [0.1, 0.15) is 5.03 Å². The maximum atomic E-state index is 14.2. The number of nitrogens with one attached hydrogen (secondary N) is 1. The lowest BCUT2D eigenvalue weighted by Gasteiger charge is -2.24. The lowest BCUT2D eigenvalue weighted by Crippen LogP contribution is -2.30. The second-order valence-electron chi connectivity index (χ2n) is 7.22. The van der Waals surface area contributed by atoms with Crippen LogP contribution in [-0.4, -0.2) is 37.5 Å². The Morgan fingerprint density at radius 2 is 2.03 bits per heavy atom. The van der Waals surface area contributed by atoms with Crippen molar-refractivity contribution < 1.29 is 4.39 Å². The van der Waals surface area contributed by atoms with Crippen LogP contribution in [0.3, 0.4) is 0 Å². The Bertz CT molecular complexity index is 1160. The third kappa shape index (κ3) is 3.42. The van der Waals surface area contributed by atoms with E-state index in [1.165, 1.54) is 17.8 Å². The Morgan fingerprint density at radius 3 is 2.86 bits per heavy atom. The van der Waals surface area contributed by atoms with Gasteiger partial charge in [-0.15, -0.1) is 0 Å². The van der Waals surface area contributed by atoms with Gasteiger partial charge in [-0.1, -0.05) is 11.8 Å². The van der Waals surface area contributed by atoms with Crippen molar-refractivity contribution in [2.45, 2.75) is 35.7 Å². The minimum Gasteiger partial charge on any atom is -0.317 e. The Kier molecular flexibility index (Phi) is 4.81. The molecular formula is C21H21FN6S. The molecule has 0 unspecified atom stereocenters. The van der Waals surface area contributed by atoms with Gasteiger partial charge < -0.3 is 5.32 Å². The van der Waals surface area contributed by atoms with E-state index in [1.54, 1.807) is 18.5 Å². The molecule has 0 aromatic carbocycles. The molecule has 4 aromatic rings. The third-order valence-electron chi connectivity index (χ3n) is 5.41. The highest BCUT2D eigenvalue weighted by Crippen LogP contribution is 2.35. The van der Waals surface area contributed by atoms with E-state index in [2.05, 4.69) is 33.1 Å². The van der Waals surface area contributed by atoms with Crippen molar-refractivity contribution >= 4 is 17.3 Å². The molecular weight excluding hydrogens is 387 g/mol. The van der Waals surface area contributed by atoms with Gasteiger partial charge in [0.15, 0.2) is 5.82 Å². The van der Waals surface area contributed by atoms with E-state index in [0.29, 0.717) is 11.1 Å². The molecule has 0 amide bonds. The van der Waals surface area contributed by atoms with Gasteiger partial charge in [-0.3, -0.25) is 4.68 Å². The molecule has 0 spiro atoms. The molecule has 0 aliphatic carbocycles. The van der Waals surface area contributed by atoms with E-state index >= 15 is 0 Å². The van der Waals surface area contributed by atoms with Crippen molar-refractivity contribution in [1.82, 2.24) is 29.7 Å². The molecule has 1 N–H and O–H groups in total. The summed E-state index contributed by atoms with van der Waals surface area (Å²) in [6.45, 7) is 4.16. The van der Waals surface area contributed by atoms with Crippen molar-refractivity contribution in [3.05, 3.63) is 60.6 Å². The summed E-state index contributed by atoms with van der Waals surface area (Å²) in [6, 6.07) is 7.46. The molecule has 6 nitrogen and oxygen atoms in total. The number of rotatable bonds is 4. The SMILES string of the molecule is Cc1c(-c2cc(Sc3ncccc3F)c3ccnn3c2)cnn1C1CCNCC1. The van der Waals surface area contributed by atoms with Gasteiger partial charge in [0, 0.05) is 34.1 Å². The zero-order valence-corrected chi connectivity index (χ0v) is 16.9. The van der Waals surface area contributed by atoms with Crippen LogP contribution in [0.5, 0.6) is 0 Å². The highest BCUT2D eigenvalue weighted by Gasteiger charge is 2.20. The number of hydrogen-bond donors (Lipinski definition) is 1. The molecule has 8 heteroatoms. The maximum Gasteiger partial charge on any atom is 0.155 e. The molecule has 1 saturated heterocycles. The van der Waals surface area contributed by atoms with E-state index in [1.807, 2.05) is 23.0 Å². The van der Waals surface area contributed by atoms with Crippen LogP contribution >= 0.6 is 11.8 Å². The Labute approximate surface area is 172 Å². The minimum absolute atomic E-state index is 0.324. The van der Waals surface area contributed by atoms with Crippen LogP contribution in [0.1, 0.15) is 24.6 Å². The van der Waals surface area contributed by atoms with Crippen molar-refractivity contribution in [2.75, 3.05) is 13.1 Å². The van der Waals surface area contributed by atoms with E-state index < -0.39 is 0 Å². The number of halogens is 1. The number of aromatic nitrogens is 5. The van der Waals surface area contributed by atoms with Crippen LogP contribution in [0.25, 0.3) is 16.6 Å². The summed E-state index contributed by atoms with van der Waals surface area (Å²) in [5.41, 5.74) is 4.15. The Morgan fingerprint density at radius 1 is 1.17 bits per heavy atom. The Balaban J connectivity index is 1.56. The summed E-state index contributed by atoms with van der Waals surface area (Å²) in [5, 5.41) is 12.9. The van der Waals surface area contributed by atoms with E-state index in [4.69, 9.17) is 5.10 Å². The molecule has 4 aromatic heterocycles. The second-order valence-corrected chi connectivity index (χ2v) is 8.25. The quantitative estimate of drug-likeness (QED) is 0.551. The van der Waals surface area contributed by atoms with Crippen LogP contribution in [0.4, 0.5) is 4.39 Å². The van der Waals surface area contributed by atoms with Crippen LogP contribution in [0.2, 0.25) is 0 Å². The number of pyridine rings is 2. The van der Waals surface area contributed by atoms with Crippen molar-refractivity contribution in [3.63, 3.8) is 0 Å². The summed E-state index contributed by atoms with van der Waals surface area (Å²) >= 11 is 1.32. The topological polar surface area (TPSA) is 60.0 Å². The molecule has 148 valence electrons. The van der Waals surface area contributed by atoms with Crippen molar-refractivity contribution in [1.29, 1.82) is 0 Å². The summed E-state index contributed by atoms with van der Waals surface area (Å²) in [6.07, 6.45) is 9.46. The fourth-order valence-electron chi connectivity index (χ4n) is 3.90. The molecule has 0 bridgehead atoms. The van der Waals surface area contributed by atoms with Crippen LogP contribution in [-0.2, 0) is 0 Å². The fraction of sp³-hybridized carbons (Fsp3) is 0.286. The molecule has 1 aliphatic rings. The second kappa shape index (κ2) is 7.61. The molecule has 1 aliphatic heterocycles.